The lowest BCUT2D eigenvalue weighted by molar-refractivity contribution is -0.137. The van der Waals surface area contributed by atoms with Gasteiger partial charge < -0.3 is 19.8 Å². The molecule has 0 radical (unpaired) electrons. The second kappa shape index (κ2) is 10.7. The van der Waals surface area contributed by atoms with Gasteiger partial charge >= 0.3 is 5.97 Å². The lowest BCUT2D eigenvalue weighted by atomic mass is 9.98. The molecular formula is C19H25F2NO5S. The Bertz CT molecular complexity index is 650. The molecule has 1 saturated heterocycles. The number of aliphatic hydroxyl groups is 1. The summed E-state index contributed by atoms with van der Waals surface area (Å²) in [6.07, 6.45) is 6.94. The number of alkyl halides is 2. The Hall–Kier alpha value is -1.71. The van der Waals surface area contributed by atoms with E-state index < -0.39 is 18.0 Å². The first-order chi connectivity index (χ1) is 13.3. The smallest absolute Gasteiger partial charge is 0.303 e. The average molecular weight is 417 g/mol. The van der Waals surface area contributed by atoms with Crippen LogP contribution in [0.15, 0.2) is 36.0 Å². The maximum absolute atomic E-state index is 13.2. The predicted octanol–water partition coefficient (Wildman–Crippen LogP) is 3.23. The summed E-state index contributed by atoms with van der Waals surface area (Å²) in [4.78, 5) is 24.1. The van der Waals surface area contributed by atoms with Gasteiger partial charge in [0.25, 0.3) is 11.2 Å². The molecule has 0 aromatic heterocycles. The summed E-state index contributed by atoms with van der Waals surface area (Å²) in [6, 6.07) is -0.0501. The van der Waals surface area contributed by atoms with Crippen LogP contribution in [0.4, 0.5) is 13.6 Å². The number of ether oxygens (including phenoxy) is 1. The van der Waals surface area contributed by atoms with E-state index >= 15 is 0 Å². The zero-order valence-electron chi connectivity index (χ0n) is 15.4. The molecular weight excluding hydrogens is 392 g/mol. The molecule has 1 fully saturated rings. The van der Waals surface area contributed by atoms with Crippen molar-refractivity contribution in [3.05, 3.63) is 36.0 Å². The molecule has 0 aromatic carbocycles. The molecule has 0 saturated carbocycles. The Kier molecular flexibility index (Phi) is 8.65. The number of carbonyl (C=O) groups excluding carboxylic acids is 1. The summed E-state index contributed by atoms with van der Waals surface area (Å²) in [5, 5.41) is 17.9. The third kappa shape index (κ3) is 7.03. The molecule has 0 bridgehead atoms. The van der Waals surface area contributed by atoms with Crippen LogP contribution in [0.2, 0.25) is 0 Å². The molecule has 2 rings (SSSR count). The van der Waals surface area contributed by atoms with E-state index in [0.29, 0.717) is 50.3 Å². The minimum absolute atomic E-state index is 0.0212. The zero-order valence-corrected chi connectivity index (χ0v) is 16.2. The van der Waals surface area contributed by atoms with E-state index in [0.717, 1.165) is 6.08 Å². The summed E-state index contributed by atoms with van der Waals surface area (Å²) in [7, 11) is 0. The van der Waals surface area contributed by atoms with Crippen LogP contribution in [0.5, 0.6) is 0 Å². The molecule has 0 spiro atoms. The van der Waals surface area contributed by atoms with E-state index in [9.17, 15) is 23.5 Å². The number of thioether (sulfide) groups is 1. The molecule has 2 unspecified atom stereocenters. The largest absolute Gasteiger partial charge is 0.481 e. The van der Waals surface area contributed by atoms with Crippen LogP contribution >= 0.6 is 11.8 Å². The van der Waals surface area contributed by atoms with Crippen molar-refractivity contribution in [3.8, 4) is 0 Å². The number of aliphatic carboxylic acids is 1. The number of aliphatic hydroxyl groups excluding tert-OH is 1. The van der Waals surface area contributed by atoms with Gasteiger partial charge in [0, 0.05) is 25.3 Å². The molecule has 2 aliphatic rings. The number of carboxylic acids is 1. The van der Waals surface area contributed by atoms with E-state index in [-0.39, 0.29) is 17.7 Å². The number of amides is 1. The number of carboxylic acid groups (broad SMARTS) is 1. The van der Waals surface area contributed by atoms with Crippen molar-refractivity contribution in [3.63, 3.8) is 0 Å². The Balaban J connectivity index is 1.71. The van der Waals surface area contributed by atoms with Crippen LogP contribution in [0, 0.1) is 0 Å². The number of allylic oxidation sites excluding steroid dienone is 3. The first-order valence-electron chi connectivity index (χ1n) is 9.15. The van der Waals surface area contributed by atoms with E-state index in [1.807, 2.05) is 12.2 Å². The minimum Gasteiger partial charge on any atom is -0.481 e. The predicted molar refractivity (Wildman–Crippen MR) is 103 cm³/mol. The van der Waals surface area contributed by atoms with Gasteiger partial charge in [0.15, 0.2) is 0 Å². The highest BCUT2D eigenvalue weighted by atomic mass is 32.2. The second-order valence-corrected chi connectivity index (χ2v) is 7.58. The molecule has 2 atom stereocenters. The highest BCUT2D eigenvalue weighted by Gasteiger charge is 2.36. The molecule has 1 aliphatic heterocycles. The minimum atomic E-state index is -3.21. The van der Waals surface area contributed by atoms with Crippen LogP contribution in [-0.2, 0) is 9.53 Å². The fourth-order valence-electron chi connectivity index (χ4n) is 2.83. The van der Waals surface area contributed by atoms with Crippen LogP contribution < -0.4 is 0 Å². The summed E-state index contributed by atoms with van der Waals surface area (Å²) in [5.74, 6) is -3.43. The van der Waals surface area contributed by atoms with Gasteiger partial charge in [0.05, 0.1) is 12.6 Å². The third-order valence-electron chi connectivity index (χ3n) is 4.41. The fraction of sp³-hybridized carbons (Fsp3) is 0.579. The quantitative estimate of drug-likeness (QED) is 0.397. The molecule has 28 heavy (non-hydrogen) atoms. The van der Waals surface area contributed by atoms with E-state index in [1.165, 1.54) is 23.9 Å². The highest BCUT2D eigenvalue weighted by Crippen LogP contribution is 2.29. The Morgan fingerprint density at radius 1 is 1.43 bits per heavy atom. The Labute approximate surface area is 166 Å². The van der Waals surface area contributed by atoms with Gasteiger partial charge in [0.1, 0.15) is 6.10 Å². The number of hydrogen-bond donors (Lipinski definition) is 2. The summed E-state index contributed by atoms with van der Waals surface area (Å²) >= 11 is 1.24. The second-order valence-electron chi connectivity index (χ2n) is 6.61. The summed E-state index contributed by atoms with van der Waals surface area (Å²) < 4.78 is 31.7. The van der Waals surface area contributed by atoms with Gasteiger partial charge in [-0.15, -0.1) is 0 Å². The maximum atomic E-state index is 13.2. The molecule has 1 amide bonds. The lowest BCUT2D eigenvalue weighted by Crippen LogP contribution is -2.34. The number of carbonyl (C=O) groups is 2. The third-order valence-corrected chi connectivity index (χ3v) is 5.40. The average Bonchev–Trinajstić information content (AvgIpc) is 2.98. The van der Waals surface area contributed by atoms with Crippen LogP contribution in [0.1, 0.15) is 25.7 Å². The standard InChI is InChI=1S/C19H25F2NO5S/c20-19(21)8-7-14(12-16(19)23)4-1-2-5-15-13-28-18(26)22(15)9-11-27-10-3-6-17(24)25/h2,5,7-8,12,15-16,23H,1,3-4,6,9-11,13H2,(H,24,25). The van der Waals surface area contributed by atoms with Crippen LogP contribution in [0.3, 0.4) is 0 Å². The van der Waals surface area contributed by atoms with Crippen molar-refractivity contribution in [1.82, 2.24) is 4.90 Å². The monoisotopic (exact) mass is 417 g/mol. The highest BCUT2D eigenvalue weighted by molar-refractivity contribution is 8.13. The number of halogens is 2. The molecule has 156 valence electrons. The summed E-state index contributed by atoms with van der Waals surface area (Å²) in [6.45, 7) is 1.12. The van der Waals surface area contributed by atoms with Crippen LogP contribution in [-0.4, -0.2) is 69.9 Å². The first-order valence-corrected chi connectivity index (χ1v) is 10.1. The van der Waals surface area contributed by atoms with Crippen molar-refractivity contribution in [2.75, 3.05) is 25.5 Å². The first kappa shape index (κ1) is 22.6. The van der Waals surface area contributed by atoms with Gasteiger partial charge in [-0.25, -0.2) is 0 Å². The van der Waals surface area contributed by atoms with Crippen molar-refractivity contribution in [2.24, 2.45) is 0 Å². The van der Waals surface area contributed by atoms with Crippen molar-refractivity contribution >= 4 is 23.0 Å². The molecule has 6 nitrogen and oxygen atoms in total. The maximum Gasteiger partial charge on any atom is 0.303 e. The Morgan fingerprint density at radius 3 is 2.93 bits per heavy atom. The van der Waals surface area contributed by atoms with Crippen molar-refractivity contribution in [1.29, 1.82) is 0 Å². The fourth-order valence-corrected chi connectivity index (χ4v) is 3.82. The van der Waals surface area contributed by atoms with Gasteiger partial charge in [0.2, 0.25) is 0 Å². The number of nitrogens with zero attached hydrogens (tertiary/aromatic N) is 1. The summed E-state index contributed by atoms with van der Waals surface area (Å²) in [5.41, 5.74) is 0.659. The molecule has 9 heteroatoms. The van der Waals surface area contributed by atoms with E-state index in [4.69, 9.17) is 9.84 Å². The SMILES string of the molecule is O=C(O)CCCOCCN1C(=O)SCC1C=CCCC1=CC(O)C(F)(F)C=C1. The molecule has 1 aliphatic carbocycles. The Morgan fingerprint density at radius 2 is 2.21 bits per heavy atom. The van der Waals surface area contributed by atoms with E-state index in [2.05, 4.69) is 0 Å². The van der Waals surface area contributed by atoms with Gasteiger partial charge in [-0.3, -0.25) is 9.59 Å². The van der Waals surface area contributed by atoms with E-state index in [1.54, 1.807) is 4.90 Å². The normalized spacial score (nSPS) is 24.2. The van der Waals surface area contributed by atoms with Crippen LogP contribution in [0.25, 0.3) is 0 Å². The topological polar surface area (TPSA) is 87.1 Å². The molecule has 1 heterocycles. The van der Waals surface area contributed by atoms with Gasteiger partial charge in [-0.1, -0.05) is 30.0 Å². The van der Waals surface area contributed by atoms with Crippen molar-refractivity contribution < 1.29 is 33.3 Å². The molecule has 0 aromatic rings. The number of rotatable bonds is 11. The van der Waals surface area contributed by atoms with Crippen molar-refractivity contribution in [2.45, 2.75) is 43.8 Å². The molecule has 2 N–H and O–H groups in total. The van der Waals surface area contributed by atoms with Gasteiger partial charge in [-0.2, -0.15) is 8.78 Å². The lowest BCUT2D eigenvalue weighted by Gasteiger charge is -2.21. The zero-order chi connectivity index (χ0) is 20.6. The van der Waals surface area contributed by atoms with Gasteiger partial charge in [-0.05, 0) is 37.0 Å². The number of hydrogen-bond acceptors (Lipinski definition) is 5.